The van der Waals surface area contributed by atoms with E-state index in [-0.39, 0.29) is 5.54 Å². The Morgan fingerprint density at radius 3 is 2.50 bits per heavy atom. The smallest absolute Gasteiger partial charge is 0.0700 e. The van der Waals surface area contributed by atoms with E-state index in [2.05, 4.69) is 6.92 Å². The molecule has 1 rings (SSSR count). The average Bonchev–Trinajstić information content (AvgIpc) is 2.38. The van der Waals surface area contributed by atoms with Crippen LogP contribution in [0.1, 0.15) is 58.3 Å². The Labute approximate surface area is 112 Å². The largest absolute Gasteiger partial charge is 0.382 e. The van der Waals surface area contributed by atoms with E-state index in [1.807, 2.05) is 0 Å². The first kappa shape index (κ1) is 15.9. The van der Waals surface area contributed by atoms with Crippen molar-refractivity contribution in [1.29, 1.82) is 0 Å². The molecule has 18 heavy (non-hydrogen) atoms. The maximum Gasteiger partial charge on any atom is 0.0700 e. The fourth-order valence-corrected chi connectivity index (χ4v) is 2.80. The SMILES string of the molecule is CCCCC1CCC(N)(CCOCCOC)CC1. The van der Waals surface area contributed by atoms with E-state index in [0.717, 1.165) is 18.9 Å². The standard InChI is InChI=1S/C15H31NO2/c1-3-4-5-14-6-8-15(16,9-7-14)10-11-18-13-12-17-2/h14H,3-13,16H2,1-2H3. The van der Waals surface area contributed by atoms with Crippen LogP contribution >= 0.6 is 0 Å². The van der Waals surface area contributed by atoms with E-state index in [1.54, 1.807) is 7.11 Å². The molecule has 0 unspecified atom stereocenters. The lowest BCUT2D eigenvalue weighted by Crippen LogP contribution is -2.44. The van der Waals surface area contributed by atoms with Crippen LogP contribution in [0.5, 0.6) is 0 Å². The van der Waals surface area contributed by atoms with Crippen LogP contribution in [-0.4, -0.2) is 32.5 Å². The van der Waals surface area contributed by atoms with E-state index in [0.29, 0.717) is 13.2 Å². The van der Waals surface area contributed by atoms with E-state index >= 15 is 0 Å². The summed E-state index contributed by atoms with van der Waals surface area (Å²) in [5, 5.41) is 0. The summed E-state index contributed by atoms with van der Waals surface area (Å²) < 4.78 is 10.5. The topological polar surface area (TPSA) is 44.5 Å². The number of hydrogen-bond donors (Lipinski definition) is 1. The van der Waals surface area contributed by atoms with Crippen LogP contribution in [0.4, 0.5) is 0 Å². The van der Waals surface area contributed by atoms with Crippen LogP contribution in [-0.2, 0) is 9.47 Å². The van der Waals surface area contributed by atoms with Crippen molar-refractivity contribution < 1.29 is 9.47 Å². The Bertz CT molecular complexity index is 195. The molecule has 108 valence electrons. The van der Waals surface area contributed by atoms with Gasteiger partial charge in [0, 0.05) is 19.3 Å². The third kappa shape index (κ3) is 6.17. The number of methoxy groups -OCH3 is 1. The van der Waals surface area contributed by atoms with Crippen LogP contribution in [0.2, 0.25) is 0 Å². The molecular weight excluding hydrogens is 226 g/mol. The van der Waals surface area contributed by atoms with Gasteiger partial charge in [-0.05, 0) is 38.0 Å². The maximum absolute atomic E-state index is 6.45. The van der Waals surface area contributed by atoms with E-state index < -0.39 is 0 Å². The molecule has 3 heteroatoms. The minimum Gasteiger partial charge on any atom is -0.382 e. The van der Waals surface area contributed by atoms with E-state index in [9.17, 15) is 0 Å². The molecule has 0 aromatic rings. The number of unbranched alkanes of at least 4 members (excludes halogenated alkanes) is 1. The second-order valence-electron chi connectivity index (χ2n) is 5.80. The van der Waals surface area contributed by atoms with Gasteiger partial charge < -0.3 is 15.2 Å². The molecule has 0 amide bonds. The Morgan fingerprint density at radius 2 is 1.89 bits per heavy atom. The Balaban J connectivity index is 2.10. The molecule has 1 fully saturated rings. The number of hydrogen-bond acceptors (Lipinski definition) is 3. The van der Waals surface area contributed by atoms with Gasteiger partial charge in [0.15, 0.2) is 0 Å². The Hall–Kier alpha value is -0.120. The van der Waals surface area contributed by atoms with Crippen LogP contribution in [0, 0.1) is 5.92 Å². The van der Waals surface area contributed by atoms with Crippen molar-refractivity contribution in [3.63, 3.8) is 0 Å². The monoisotopic (exact) mass is 257 g/mol. The number of ether oxygens (including phenoxy) is 2. The van der Waals surface area contributed by atoms with Crippen molar-refractivity contribution >= 4 is 0 Å². The second-order valence-corrected chi connectivity index (χ2v) is 5.80. The lowest BCUT2D eigenvalue weighted by Gasteiger charge is -2.37. The molecule has 1 aliphatic rings. The highest BCUT2D eigenvalue weighted by Crippen LogP contribution is 2.34. The molecule has 1 saturated carbocycles. The molecule has 0 saturated heterocycles. The lowest BCUT2D eigenvalue weighted by atomic mass is 9.74. The fourth-order valence-electron chi connectivity index (χ4n) is 2.80. The fraction of sp³-hybridized carbons (Fsp3) is 1.00. The molecule has 0 aliphatic heterocycles. The van der Waals surface area contributed by atoms with Gasteiger partial charge in [0.2, 0.25) is 0 Å². The summed E-state index contributed by atoms with van der Waals surface area (Å²) in [6.07, 6.45) is 10.1. The van der Waals surface area contributed by atoms with Crippen molar-refractivity contribution in [1.82, 2.24) is 0 Å². The molecule has 2 N–H and O–H groups in total. The summed E-state index contributed by atoms with van der Waals surface area (Å²) in [5.74, 6) is 0.927. The Kier molecular flexibility index (Phi) is 7.87. The van der Waals surface area contributed by atoms with Gasteiger partial charge in [0.05, 0.1) is 13.2 Å². The van der Waals surface area contributed by atoms with Gasteiger partial charge in [-0.2, -0.15) is 0 Å². The first-order valence-electron chi connectivity index (χ1n) is 7.56. The number of rotatable bonds is 9. The molecule has 0 heterocycles. The van der Waals surface area contributed by atoms with Gasteiger partial charge in [-0.1, -0.05) is 26.2 Å². The normalized spacial score (nSPS) is 28.5. The molecular formula is C15H31NO2. The summed E-state index contributed by atoms with van der Waals surface area (Å²) in [5.41, 5.74) is 6.49. The highest BCUT2D eigenvalue weighted by Gasteiger charge is 2.30. The summed E-state index contributed by atoms with van der Waals surface area (Å²) in [6.45, 7) is 4.41. The highest BCUT2D eigenvalue weighted by molar-refractivity contribution is 4.89. The quantitative estimate of drug-likeness (QED) is 0.645. The lowest BCUT2D eigenvalue weighted by molar-refractivity contribution is 0.0551. The minimum absolute atomic E-state index is 0.0375. The minimum atomic E-state index is 0.0375. The summed E-state index contributed by atoms with van der Waals surface area (Å²) in [4.78, 5) is 0. The predicted octanol–water partition coefficient (Wildman–Crippen LogP) is 3.12. The molecule has 3 nitrogen and oxygen atoms in total. The highest BCUT2D eigenvalue weighted by atomic mass is 16.5. The van der Waals surface area contributed by atoms with Crippen LogP contribution < -0.4 is 5.73 Å². The molecule has 0 aromatic carbocycles. The summed E-state index contributed by atoms with van der Waals surface area (Å²) in [6, 6.07) is 0. The van der Waals surface area contributed by atoms with Gasteiger partial charge in [0.25, 0.3) is 0 Å². The average molecular weight is 257 g/mol. The zero-order chi connectivity index (χ0) is 13.3. The molecule has 0 radical (unpaired) electrons. The predicted molar refractivity (Wildman–Crippen MR) is 75.7 cm³/mol. The van der Waals surface area contributed by atoms with Gasteiger partial charge in [-0.25, -0.2) is 0 Å². The summed E-state index contributed by atoms with van der Waals surface area (Å²) >= 11 is 0. The van der Waals surface area contributed by atoms with Crippen LogP contribution in [0.15, 0.2) is 0 Å². The zero-order valence-corrected chi connectivity index (χ0v) is 12.2. The van der Waals surface area contributed by atoms with Crippen molar-refractivity contribution in [2.75, 3.05) is 26.9 Å². The van der Waals surface area contributed by atoms with Crippen molar-refractivity contribution in [2.24, 2.45) is 11.7 Å². The van der Waals surface area contributed by atoms with Gasteiger partial charge in [-0.3, -0.25) is 0 Å². The zero-order valence-electron chi connectivity index (χ0n) is 12.2. The molecule has 0 bridgehead atoms. The van der Waals surface area contributed by atoms with Crippen molar-refractivity contribution in [2.45, 2.75) is 63.8 Å². The summed E-state index contributed by atoms with van der Waals surface area (Å²) in [7, 11) is 1.70. The second kappa shape index (κ2) is 8.89. The maximum atomic E-state index is 6.45. The molecule has 0 aromatic heterocycles. The van der Waals surface area contributed by atoms with Crippen molar-refractivity contribution in [3.05, 3.63) is 0 Å². The van der Waals surface area contributed by atoms with Crippen LogP contribution in [0.3, 0.4) is 0 Å². The van der Waals surface area contributed by atoms with E-state index in [4.69, 9.17) is 15.2 Å². The van der Waals surface area contributed by atoms with Gasteiger partial charge in [0.1, 0.15) is 0 Å². The molecule has 0 atom stereocenters. The first-order chi connectivity index (χ1) is 8.70. The van der Waals surface area contributed by atoms with Crippen LogP contribution in [0.25, 0.3) is 0 Å². The Morgan fingerprint density at radius 1 is 1.17 bits per heavy atom. The molecule has 0 spiro atoms. The van der Waals surface area contributed by atoms with Crippen molar-refractivity contribution in [3.8, 4) is 0 Å². The van der Waals surface area contributed by atoms with Gasteiger partial charge >= 0.3 is 0 Å². The van der Waals surface area contributed by atoms with E-state index in [1.165, 1.54) is 44.9 Å². The third-order valence-corrected chi connectivity index (χ3v) is 4.24. The van der Waals surface area contributed by atoms with Gasteiger partial charge in [-0.15, -0.1) is 0 Å². The first-order valence-corrected chi connectivity index (χ1v) is 7.56. The molecule has 1 aliphatic carbocycles. The third-order valence-electron chi connectivity index (χ3n) is 4.24. The number of nitrogens with two attached hydrogens (primary N) is 1.